The van der Waals surface area contributed by atoms with Gasteiger partial charge in [-0.15, -0.1) is 24.4 Å². The first-order valence-electron chi connectivity index (χ1n) is 9.62. The number of thioether (sulfide) groups is 2. The molecule has 0 amide bonds. The van der Waals surface area contributed by atoms with Gasteiger partial charge in [0.2, 0.25) is 0 Å². The first-order chi connectivity index (χ1) is 12.3. The van der Waals surface area contributed by atoms with Crippen LogP contribution in [0.1, 0.15) is 91.4 Å². The predicted octanol–water partition coefficient (Wildman–Crippen LogP) is 7.54. The second kappa shape index (κ2) is 15.6. The van der Waals surface area contributed by atoms with Crippen LogP contribution in [0.5, 0.6) is 0 Å². The van der Waals surface area contributed by atoms with Crippen molar-refractivity contribution < 1.29 is 9.90 Å². The number of hydrogen-bond donors (Lipinski definition) is 2. The smallest absolute Gasteiger partial charge is 0.319 e. The van der Waals surface area contributed by atoms with Crippen molar-refractivity contribution in [2.24, 2.45) is 0 Å². The maximum atomic E-state index is 10.7. The van der Waals surface area contributed by atoms with E-state index >= 15 is 0 Å². The molecule has 0 spiro atoms. The molecule has 0 aromatic carbocycles. The summed E-state index contributed by atoms with van der Waals surface area (Å²) < 4.78 is 0.810. The quantitative estimate of drug-likeness (QED) is 0.130. The van der Waals surface area contributed by atoms with Crippen LogP contribution in [0.25, 0.3) is 0 Å². The van der Waals surface area contributed by atoms with E-state index in [1.165, 1.54) is 68.4 Å². The van der Waals surface area contributed by atoms with Crippen molar-refractivity contribution in [3.05, 3.63) is 0 Å². The number of unbranched alkanes of at least 4 members (excludes halogenated alkanes) is 8. The Labute approximate surface area is 184 Å². The zero-order chi connectivity index (χ0) is 20.0. The van der Waals surface area contributed by atoms with Gasteiger partial charge in [-0.05, 0) is 19.8 Å². The molecular formula is C19H34O2S5. The van der Waals surface area contributed by atoms with Crippen LogP contribution in [0, 0.1) is 0 Å². The Morgan fingerprint density at radius 1 is 1.15 bits per heavy atom. The molecule has 0 radical (unpaired) electrons. The van der Waals surface area contributed by atoms with Gasteiger partial charge in [0.15, 0.2) is 0 Å². The van der Waals surface area contributed by atoms with E-state index in [2.05, 4.69) is 19.6 Å². The number of rotatable bonds is 13. The molecule has 0 aliphatic carbocycles. The third-order valence-corrected chi connectivity index (χ3v) is 7.83. The molecule has 1 N–H and O–H groups in total. The topological polar surface area (TPSA) is 37.3 Å². The minimum atomic E-state index is -0.846. The first-order valence-corrected chi connectivity index (χ1v) is 12.6. The van der Waals surface area contributed by atoms with Gasteiger partial charge < -0.3 is 5.11 Å². The highest BCUT2D eigenvalue weighted by molar-refractivity contribution is 8.42. The Hall–Kier alpha value is 0.700. The molecule has 2 unspecified atom stereocenters. The molecule has 152 valence electrons. The van der Waals surface area contributed by atoms with E-state index in [0.717, 1.165) is 17.0 Å². The van der Waals surface area contributed by atoms with Gasteiger partial charge in [-0.2, -0.15) is 0 Å². The van der Waals surface area contributed by atoms with E-state index in [-0.39, 0.29) is 0 Å². The molecule has 26 heavy (non-hydrogen) atoms. The third-order valence-electron chi connectivity index (χ3n) is 4.47. The molecule has 1 fully saturated rings. The van der Waals surface area contributed by atoms with Crippen LogP contribution in [0.15, 0.2) is 0 Å². The third kappa shape index (κ3) is 13.8. The Balaban J connectivity index is 0.000000508. The predicted molar refractivity (Wildman–Crippen MR) is 131 cm³/mol. The molecule has 1 saturated heterocycles. The molecule has 1 aliphatic rings. The monoisotopic (exact) mass is 454 g/mol. The number of thiol groups is 1. The van der Waals surface area contributed by atoms with Crippen LogP contribution < -0.4 is 0 Å². The van der Waals surface area contributed by atoms with Crippen molar-refractivity contribution in [2.75, 3.05) is 0 Å². The zero-order valence-electron chi connectivity index (χ0n) is 16.3. The summed E-state index contributed by atoms with van der Waals surface area (Å²) in [5.41, 5.74) is 0. The molecule has 0 aromatic rings. The van der Waals surface area contributed by atoms with Gasteiger partial charge >= 0.3 is 5.97 Å². The van der Waals surface area contributed by atoms with Gasteiger partial charge in [0.05, 0.1) is 9.45 Å². The minimum Gasteiger partial charge on any atom is -0.480 e. The maximum Gasteiger partial charge on any atom is 0.319 e. The second-order valence-electron chi connectivity index (χ2n) is 6.80. The van der Waals surface area contributed by atoms with Gasteiger partial charge in [0.25, 0.3) is 0 Å². The average molecular weight is 455 g/mol. The molecule has 0 aromatic heterocycles. The number of carboxylic acid groups (broad SMARTS) is 1. The van der Waals surface area contributed by atoms with Crippen LogP contribution >= 0.6 is 60.6 Å². The molecule has 7 heteroatoms. The molecular weight excluding hydrogens is 421 g/mol. The summed E-state index contributed by atoms with van der Waals surface area (Å²) in [6.45, 7) is 5.73. The lowest BCUT2D eigenvalue weighted by Crippen LogP contribution is -2.31. The number of hydrogen-bond acceptors (Lipinski definition) is 5. The Morgan fingerprint density at radius 3 is 1.92 bits per heavy atom. The summed E-state index contributed by atoms with van der Waals surface area (Å²) in [4.78, 5) is 10.7. The highest BCUT2D eigenvalue weighted by atomic mass is 32.2. The van der Waals surface area contributed by atoms with Crippen molar-refractivity contribution in [2.45, 2.75) is 101 Å². The molecule has 1 heterocycles. The van der Waals surface area contributed by atoms with Gasteiger partial charge in [0.1, 0.15) is 8.28 Å². The normalized spacial score (nSPS) is 17.8. The Kier molecular flexibility index (Phi) is 16.0. The summed E-state index contributed by atoms with van der Waals surface area (Å²) in [5, 5.41) is 9.54. The first kappa shape index (κ1) is 26.7. The van der Waals surface area contributed by atoms with Crippen molar-refractivity contribution in [3.8, 4) is 0 Å². The number of thiocarbonyl (C=S) groups is 2. The SMILES string of the molecule is CCC(C)(SC(=S)S)C(=O)O.CCCCCCCCCCCC1SC1=S. The Bertz CT molecular complexity index is 442. The maximum absolute atomic E-state index is 10.7. The average Bonchev–Trinajstić information content (AvgIpc) is 3.28. The van der Waals surface area contributed by atoms with Crippen LogP contribution in [0.2, 0.25) is 0 Å². The van der Waals surface area contributed by atoms with E-state index in [1.807, 2.05) is 18.7 Å². The lowest BCUT2D eigenvalue weighted by molar-refractivity contribution is -0.139. The fraction of sp³-hybridized carbons (Fsp3) is 0.842. The number of carboxylic acids is 1. The lowest BCUT2D eigenvalue weighted by Gasteiger charge is -2.20. The largest absolute Gasteiger partial charge is 0.480 e. The zero-order valence-corrected chi connectivity index (χ0v) is 20.5. The van der Waals surface area contributed by atoms with Crippen LogP contribution in [-0.2, 0) is 4.79 Å². The van der Waals surface area contributed by atoms with Gasteiger partial charge in [-0.1, -0.05) is 108 Å². The highest BCUT2D eigenvalue weighted by Gasteiger charge is 2.32. The Morgan fingerprint density at radius 2 is 1.62 bits per heavy atom. The standard InChI is InChI=1S/C13H24S2.C6H10O2S3/c1-2-3-4-5-6-7-8-9-10-11-12-13(14)15-12;1-3-6(2,4(7)8)11-5(9)10/h12H,2-11H2,1H3;3H2,1-2H3,(H,7,8)(H,9,10). The lowest BCUT2D eigenvalue weighted by atomic mass is 10.1. The summed E-state index contributed by atoms with van der Waals surface area (Å²) in [7, 11) is 0. The van der Waals surface area contributed by atoms with E-state index < -0.39 is 10.7 Å². The van der Waals surface area contributed by atoms with Crippen LogP contribution in [0.3, 0.4) is 0 Å². The van der Waals surface area contributed by atoms with E-state index in [9.17, 15) is 4.79 Å². The highest BCUT2D eigenvalue weighted by Crippen LogP contribution is 2.38. The van der Waals surface area contributed by atoms with Gasteiger partial charge in [0, 0.05) is 0 Å². The van der Waals surface area contributed by atoms with Gasteiger partial charge in [-0.25, -0.2) is 0 Å². The summed E-state index contributed by atoms with van der Waals surface area (Å²) in [5.74, 6) is -0.846. The molecule has 1 aliphatic heterocycles. The summed E-state index contributed by atoms with van der Waals surface area (Å²) >= 11 is 16.7. The summed E-state index contributed by atoms with van der Waals surface area (Å²) in [6.07, 6.45) is 14.7. The fourth-order valence-electron chi connectivity index (χ4n) is 2.38. The molecule has 0 saturated carbocycles. The number of carbonyl (C=O) groups is 1. The minimum absolute atomic E-state index is 0.372. The molecule has 0 bridgehead atoms. The second-order valence-corrected chi connectivity index (χ2v) is 12.0. The fourth-order valence-corrected chi connectivity index (χ4v) is 5.24. The van der Waals surface area contributed by atoms with Gasteiger partial charge in [-0.3, -0.25) is 4.79 Å². The van der Waals surface area contributed by atoms with E-state index in [1.54, 1.807) is 6.92 Å². The van der Waals surface area contributed by atoms with Crippen molar-refractivity contribution in [1.29, 1.82) is 0 Å². The molecule has 1 rings (SSSR count). The van der Waals surface area contributed by atoms with E-state index in [0.29, 0.717) is 9.95 Å². The van der Waals surface area contributed by atoms with Crippen LogP contribution in [0.4, 0.5) is 0 Å². The molecule has 2 nitrogen and oxygen atoms in total. The van der Waals surface area contributed by atoms with Crippen molar-refractivity contribution in [3.63, 3.8) is 0 Å². The summed E-state index contributed by atoms with van der Waals surface area (Å²) in [6, 6.07) is 0. The van der Waals surface area contributed by atoms with E-state index in [4.69, 9.17) is 29.5 Å². The van der Waals surface area contributed by atoms with Crippen molar-refractivity contribution in [1.82, 2.24) is 0 Å². The number of aliphatic carboxylic acids is 1. The molecule has 2 atom stereocenters. The van der Waals surface area contributed by atoms with Crippen molar-refractivity contribution >= 4 is 74.3 Å². The van der Waals surface area contributed by atoms with Crippen LogP contribution in [-0.4, -0.2) is 28.8 Å².